The summed E-state index contributed by atoms with van der Waals surface area (Å²) in [5, 5.41) is 35.3. The summed E-state index contributed by atoms with van der Waals surface area (Å²) in [6.07, 6.45) is 16.4. The largest absolute Gasteiger partial charge is 0.487 e. The number of fused-ring (bicyclic) bond motifs is 5. The molecular formula is C95H87BBrClN16O10Si2. The van der Waals surface area contributed by atoms with Crippen LogP contribution in [0.15, 0.2) is 292 Å². The van der Waals surface area contributed by atoms with E-state index in [1.807, 2.05) is 176 Å². The van der Waals surface area contributed by atoms with Crippen molar-refractivity contribution < 1.29 is 48.6 Å². The molecule has 8 aromatic carbocycles. The molecule has 126 heavy (non-hydrogen) atoms. The van der Waals surface area contributed by atoms with Crippen LogP contribution >= 0.6 is 28.3 Å². The Hall–Kier alpha value is -14.3. The minimum Gasteiger partial charge on any atom is -0.485 e. The molecule has 632 valence electrons. The summed E-state index contributed by atoms with van der Waals surface area (Å²) < 4.78 is 33.8. The molecule has 17 rings (SSSR count). The Balaban J connectivity index is 0.000000162. The van der Waals surface area contributed by atoms with E-state index in [0.29, 0.717) is 99.7 Å². The van der Waals surface area contributed by atoms with Gasteiger partial charge in [0.1, 0.15) is 47.4 Å². The van der Waals surface area contributed by atoms with E-state index in [1.54, 1.807) is 105 Å². The van der Waals surface area contributed by atoms with Crippen molar-refractivity contribution in [2.45, 2.75) is 95.1 Å². The van der Waals surface area contributed by atoms with Gasteiger partial charge in [0.15, 0.2) is 50.8 Å². The number of benzene rings is 8. The number of pyridine rings is 4. The Labute approximate surface area is 748 Å². The molecule has 26 nitrogen and oxygen atoms in total. The normalized spacial score (nSPS) is 16.5. The first kappa shape index (κ1) is 94.0. The van der Waals surface area contributed by atoms with Gasteiger partial charge in [-0.2, -0.15) is 10.3 Å². The highest BCUT2D eigenvalue weighted by molar-refractivity contribution is 9.10. The van der Waals surface area contributed by atoms with Crippen molar-refractivity contribution in [1.82, 2.24) is 30.5 Å². The van der Waals surface area contributed by atoms with Crippen LogP contribution in [0.2, 0.25) is 39.3 Å². The number of nitrogens with zero attached hydrogens (tertiary/aromatic N) is 14. The summed E-state index contributed by atoms with van der Waals surface area (Å²) in [7, 11) is -0.947. The van der Waals surface area contributed by atoms with Gasteiger partial charge in [-0.05, 0) is 175 Å². The molecule has 0 amide bonds. The van der Waals surface area contributed by atoms with Crippen molar-refractivity contribution in [1.29, 1.82) is 5.26 Å². The number of halogens is 2. The highest BCUT2D eigenvalue weighted by Crippen LogP contribution is 2.51. The predicted molar refractivity (Wildman–Crippen MR) is 498 cm³/mol. The molecule has 0 bridgehead atoms. The Morgan fingerprint density at radius 1 is 0.516 bits per heavy atom. The minimum absolute atomic E-state index is 0. The zero-order chi connectivity index (χ0) is 89.2. The van der Waals surface area contributed by atoms with Crippen molar-refractivity contribution in [2.24, 2.45) is 25.0 Å². The molecule has 0 saturated heterocycles. The summed E-state index contributed by atoms with van der Waals surface area (Å²) in [6.45, 7) is 41.3. The number of carbonyl (C=O) groups is 2. The molecule has 6 N–H and O–H groups in total. The third kappa shape index (κ3) is 25.5. The van der Waals surface area contributed by atoms with Gasteiger partial charge in [0, 0.05) is 109 Å². The third-order valence-electron chi connectivity index (χ3n) is 19.2. The average Bonchev–Trinajstić information content (AvgIpc) is 1.68. The number of nitriles is 1. The van der Waals surface area contributed by atoms with Crippen molar-refractivity contribution in [3.05, 3.63) is 363 Å². The number of nitrogens with two attached hydrogens (primary N) is 1. The van der Waals surface area contributed by atoms with Gasteiger partial charge in [0.2, 0.25) is 17.9 Å². The summed E-state index contributed by atoms with van der Waals surface area (Å²) >= 11 is 3.36. The second kappa shape index (κ2) is 44.2. The Bertz CT molecular complexity index is 6200. The monoisotopic (exact) mass is 1790 g/mol. The second-order valence-corrected chi connectivity index (χ2v) is 40.5. The van der Waals surface area contributed by atoms with Gasteiger partial charge in [0.05, 0.1) is 67.5 Å². The van der Waals surface area contributed by atoms with Crippen LogP contribution in [0.25, 0.3) is 52.8 Å². The highest BCUT2D eigenvalue weighted by atomic mass is 79.9. The number of ketones is 2. The number of guanidine groups is 1. The minimum atomic E-state index is -1.49. The number of ether oxygens (including phenoxy) is 4. The van der Waals surface area contributed by atoms with E-state index in [9.17, 15) is 9.59 Å². The number of hydroxylamine groups is 3. The van der Waals surface area contributed by atoms with Crippen LogP contribution in [0.3, 0.4) is 0 Å². The maximum atomic E-state index is 12.6. The summed E-state index contributed by atoms with van der Waals surface area (Å²) in [5.41, 5.74) is 22.2. The number of carbonyl (C=O) groups excluding carboxylic acids is 2. The summed E-state index contributed by atoms with van der Waals surface area (Å²) in [5.74, 6) is 3.08. The van der Waals surface area contributed by atoms with Crippen LogP contribution in [0.4, 0.5) is 22.7 Å². The van der Waals surface area contributed by atoms with Crippen molar-refractivity contribution in [3.8, 4) is 62.6 Å². The lowest BCUT2D eigenvalue weighted by atomic mass is 9.80. The van der Waals surface area contributed by atoms with Crippen LogP contribution in [0.5, 0.6) is 23.0 Å². The lowest BCUT2D eigenvalue weighted by Crippen LogP contribution is -2.36. The third-order valence-corrected chi connectivity index (χ3v) is 21.2. The topological polar surface area (TPSA) is 325 Å². The fraction of sp³-hybridized carbons (Fsp3) is 0.179. The van der Waals surface area contributed by atoms with Crippen LogP contribution < -0.4 is 35.6 Å². The smallest absolute Gasteiger partial charge is 0.485 e. The molecule has 4 aromatic heterocycles. The van der Waals surface area contributed by atoms with Crippen molar-refractivity contribution in [3.63, 3.8) is 0 Å². The van der Waals surface area contributed by atoms with Gasteiger partial charge in [0.25, 0.3) is 0 Å². The quantitative estimate of drug-likeness (QED) is 0.0279. The highest BCUT2D eigenvalue weighted by Gasteiger charge is 2.49. The van der Waals surface area contributed by atoms with Gasteiger partial charge in [-0.15, -0.1) is 12.4 Å². The fourth-order valence-corrected chi connectivity index (χ4v) is 14.4. The Kier molecular flexibility index (Phi) is 33.0. The van der Waals surface area contributed by atoms with E-state index in [2.05, 4.69) is 115 Å². The molecule has 5 aliphatic rings. The van der Waals surface area contributed by atoms with Gasteiger partial charge >= 0.3 is 7.12 Å². The van der Waals surface area contributed by atoms with E-state index < -0.39 is 29.3 Å². The van der Waals surface area contributed by atoms with Gasteiger partial charge < -0.3 is 39.9 Å². The van der Waals surface area contributed by atoms with Gasteiger partial charge in [-0.25, -0.2) is 39.8 Å². The standard InChI is InChI=1S/C23H19N5O2.C22H14N4O.C21H14N2O2.C14H10BrNO2.C7H6BNO2.C7H18N2Si2.CH5NO.ClH/c1-25-18-7-3-5-15(11-18)16-8-9-20-19(12-16)23(27-22(24)28(2)30-23)13-21(29-20)17-6-4-10-26-14-17;1-24-18-6-2-4-15(10-18)16-7-8-21-19(11-16)20(26-14-23)12-22(27-21)17-5-3-9-25-13-17;1-22-17-6-2-4-14(10-17)15-7-8-20-18(11-15)19(24)12-21(25-20)16-5-3-9-23-13-16;15-10-3-4-13-11(6-10)12(17)7-14(18-13)9-2-1-5-16-8-9;1-9-7-4-2-3-6(5-7)8(10)11;1-10(2,3)8-7-9-11(4,5)6;1-2-3;/h3-12,14,21H,13H2,2H3,(H2,24,27);2-11,13,22H,12H2;2-11,13,21H,12H2;1-6,8,14H,7H2;2-5,10-11H;1-6H3;2-3H,1H3;1H. The van der Waals surface area contributed by atoms with Crippen LogP contribution in [-0.4, -0.2) is 107 Å². The van der Waals surface area contributed by atoms with Crippen LogP contribution in [0, 0.1) is 37.7 Å². The molecule has 5 unspecified atom stereocenters. The van der Waals surface area contributed by atoms with E-state index in [0.717, 1.165) is 71.2 Å². The molecular weight excluding hydrogens is 1710 g/mol. The number of hydrogen-bond acceptors (Lipinski definition) is 22. The van der Waals surface area contributed by atoms with Gasteiger partial charge in [-0.1, -0.05) is 137 Å². The van der Waals surface area contributed by atoms with Crippen LogP contribution in [0.1, 0.15) is 104 Å². The van der Waals surface area contributed by atoms with Gasteiger partial charge in [-0.3, -0.25) is 38.8 Å². The number of Topliss-reactive ketones (excluding diaryl/α,β-unsaturated/α-hetero) is 2. The number of aliphatic imine (C=N–C) groups is 2. The first-order valence-corrected chi connectivity index (χ1v) is 47.0. The molecule has 1 spiro atoms. The fourth-order valence-electron chi connectivity index (χ4n) is 13.3. The van der Waals surface area contributed by atoms with Crippen LogP contribution in [-0.2, 0) is 10.6 Å². The second-order valence-electron chi connectivity index (χ2n) is 30.5. The predicted octanol–water partition coefficient (Wildman–Crippen LogP) is 20.6. The lowest BCUT2D eigenvalue weighted by molar-refractivity contribution is -0.191. The van der Waals surface area contributed by atoms with Crippen molar-refractivity contribution in [2.75, 3.05) is 14.1 Å². The number of hydrogen-bond donors (Lipinski definition) is 5. The first-order chi connectivity index (χ1) is 60.2. The zero-order valence-corrected chi connectivity index (χ0v) is 74.3. The molecule has 9 heterocycles. The van der Waals surface area contributed by atoms with E-state index in [-0.39, 0.29) is 48.4 Å². The molecule has 31 heteroatoms. The number of aromatic nitrogens is 4. The Morgan fingerprint density at radius 2 is 0.889 bits per heavy atom. The Morgan fingerprint density at radius 3 is 1.29 bits per heavy atom. The number of rotatable bonds is 10. The molecule has 0 saturated carbocycles. The zero-order valence-electron chi connectivity index (χ0n) is 69.9. The van der Waals surface area contributed by atoms with E-state index in [1.165, 1.54) is 18.2 Å². The van der Waals surface area contributed by atoms with Crippen molar-refractivity contribution >= 4 is 109 Å². The maximum Gasteiger partial charge on any atom is 0.487 e. The van der Waals surface area contributed by atoms with E-state index in [4.69, 9.17) is 81.3 Å². The summed E-state index contributed by atoms with van der Waals surface area (Å²) in [4.78, 5) is 69.8. The SMILES string of the molecule is CNO.C[Si](C)(C)N=C=N[Si](C)(C)C.Cl.O=C1CC(c2cccnc2)Oc2ccc(Br)cc21.[C-]#[N+]c1cccc(-c2ccc3c(c2)C(=NC#N)CC(c2cccnc2)O3)c1.[C-]#[N+]c1cccc(-c2ccc3c(c2)C(=O)CC(c2cccnc2)O3)c1.[C-]#[N+]c1cccc(-c2ccc3c(c2)C2(CC(c4cccnc4)O3)N=C(N)N(C)O2)c1.[C-]#[N+]c1cccc(B(O)O)c1. The van der Waals surface area contributed by atoms with E-state index >= 15 is 0 Å². The molecule has 0 fully saturated rings. The maximum absolute atomic E-state index is 12.6. The molecule has 0 aliphatic carbocycles. The first-order valence-electron chi connectivity index (χ1n) is 39.3. The lowest BCUT2D eigenvalue weighted by Gasteiger charge is -2.37. The number of nitrogens with one attached hydrogen (secondary N) is 1. The molecule has 0 radical (unpaired) electrons. The summed E-state index contributed by atoms with van der Waals surface area (Å²) in [6, 6.07) is 69.4. The molecule has 5 aliphatic heterocycles. The molecule has 12 aromatic rings. The molecule has 5 atom stereocenters. The average molecular weight is 1800 g/mol.